The monoisotopic (exact) mass is 394 g/mol. The molecule has 1 aliphatic carbocycles. The Hall–Kier alpha value is -2.85. The number of fused-ring (bicyclic) bond motifs is 3. The van der Waals surface area contributed by atoms with Gasteiger partial charge in [-0.2, -0.15) is 5.26 Å². The molecule has 0 spiro atoms. The number of carbonyl (C=O) groups is 1. The lowest BCUT2D eigenvalue weighted by Gasteiger charge is -2.22. The molecule has 4 rings (SSSR count). The van der Waals surface area contributed by atoms with E-state index in [-0.39, 0.29) is 6.04 Å². The van der Waals surface area contributed by atoms with Crippen LogP contribution in [0, 0.1) is 11.3 Å². The van der Waals surface area contributed by atoms with Crippen LogP contribution in [-0.4, -0.2) is 27.3 Å². The molecular formula is C21H22N4O2S. The Morgan fingerprint density at radius 3 is 2.93 bits per heavy atom. The maximum atomic E-state index is 12.2. The Balaban J connectivity index is 1.66. The van der Waals surface area contributed by atoms with E-state index in [1.54, 1.807) is 11.3 Å². The summed E-state index contributed by atoms with van der Waals surface area (Å²) in [7, 11) is 0. The van der Waals surface area contributed by atoms with Crippen molar-refractivity contribution < 1.29 is 9.53 Å². The van der Waals surface area contributed by atoms with Gasteiger partial charge in [0.2, 0.25) is 0 Å². The Kier molecular flexibility index (Phi) is 4.60. The molecule has 1 atom stereocenters. The van der Waals surface area contributed by atoms with Crippen molar-refractivity contribution in [3.05, 3.63) is 51.6 Å². The van der Waals surface area contributed by atoms with E-state index in [9.17, 15) is 10.1 Å². The number of thiazole rings is 1. The molecule has 6 nitrogen and oxygen atoms in total. The van der Waals surface area contributed by atoms with Gasteiger partial charge in [-0.05, 0) is 51.0 Å². The summed E-state index contributed by atoms with van der Waals surface area (Å²) in [6, 6.07) is 8.02. The minimum atomic E-state index is -0.524. The van der Waals surface area contributed by atoms with Crippen LogP contribution in [0.15, 0.2) is 29.8 Å². The van der Waals surface area contributed by atoms with E-state index in [1.165, 1.54) is 11.3 Å². The molecule has 0 aliphatic heterocycles. The average molecular weight is 395 g/mol. The predicted molar refractivity (Wildman–Crippen MR) is 108 cm³/mol. The molecule has 2 aromatic heterocycles. The van der Waals surface area contributed by atoms with Crippen molar-refractivity contribution >= 4 is 28.3 Å². The first kappa shape index (κ1) is 18.5. The highest BCUT2D eigenvalue weighted by Gasteiger charge is 2.31. The number of carbonyl (C=O) groups excluding carboxylic acids is 1. The fourth-order valence-corrected chi connectivity index (χ4v) is 4.39. The molecule has 0 saturated heterocycles. The van der Waals surface area contributed by atoms with E-state index in [2.05, 4.69) is 20.9 Å². The molecule has 7 heteroatoms. The van der Waals surface area contributed by atoms with Crippen molar-refractivity contribution in [1.29, 1.82) is 5.26 Å². The minimum absolute atomic E-state index is 0.0162. The van der Waals surface area contributed by atoms with E-state index >= 15 is 0 Å². The van der Waals surface area contributed by atoms with Gasteiger partial charge in [0.1, 0.15) is 10.6 Å². The van der Waals surface area contributed by atoms with Crippen LogP contribution in [0.25, 0.3) is 10.9 Å². The zero-order valence-electron chi connectivity index (χ0n) is 16.2. The number of nitriles is 1. The van der Waals surface area contributed by atoms with Crippen molar-refractivity contribution in [3.63, 3.8) is 0 Å². The Labute approximate surface area is 167 Å². The van der Waals surface area contributed by atoms with Crippen LogP contribution in [-0.2, 0) is 24.1 Å². The molecular weight excluding hydrogens is 372 g/mol. The molecule has 144 valence electrons. The number of hydrogen-bond acceptors (Lipinski definition) is 5. The summed E-state index contributed by atoms with van der Waals surface area (Å²) in [4.78, 5) is 16.6. The second-order valence-electron chi connectivity index (χ2n) is 8.03. The third-order valence-electron chi connectivity index (χ3n) is 4.80. The Bertz CT molecular complexity index is 1070. The van der Waals surface area contributed by atoms with Crippen LogP contribution in [0.2, 0.25) is 0 Å². The van der Waals surface area contributed by atoms with Crippen LogP contribution >= 0.6 is 11.3 Å². The molecule has 2 heterocycles. The molecule has 1 unspecified atom stereocenters. The van der Waals surface area contributed by atoms with Crippen LogP contribution < -0.4 is 5.32 Å². The van der Waals surface area contributed by atoms with Crippen LogP contribution in [0.3, 0.4) is 0 Å². The van der Waals surface area contributed by atoms with Gasteiger partial charge < -0.3 is 14.6 Å². The van der Waals surface area contributed by atoms with Gasteiger partial charge >= 0.3 is 6.09 Å². The van der Waals surface area contributed by atoms with Gasteiger partial charge in [-0.25, -0.2) is 9.78 Å². The smallest absolute Gasteiger partial charge is 0.407 e. The second kappa shape index (κ2) is 6.95. The SMILES string of the molecule is CC(C)(C)OC(=O)NC1Cc2c(n(Cc3nccs3)c3ccc(C#N)cc23)C1. The standard InChI is InChI=1S/C21H22N4O2S/c1-21(2,3)27-20(26)24-14-9-16-15-8-13(11-22)4-5-17(15)25(18(16)10-14)12-19-23-6-7-28-19/h4-8,14H,9-10,12H2,1-3H3,(H,24,26). The maximum Gasteiger partial charge on any atom is 0.407 e. The molecule has 0 fully saturated rings. The number of aromatic nitrogens is 2. The molecule has 0 saturated carbocycles. The zero-order chi connectivity index (χ0) is 19.9. The summed E-state index contributed by atoms with van der Waals surface area (Å²) in [5, 5.41) is 16.4. The van der Waals surface area contributed by atoms with E-state index in [0.29, 0.717) is 12.1 Å². The minimum Gasteiger partial charge on any atom is -0.444 e. The van der Waals surface area contributed by atoms with Crippen molar-refractivity contribution in [2.75, 3.05) is 0 Å². The van der Waals surface area contributed by atoms with Crippen molar-refractivity contribution in [1.82, 2.24) is 14.9 Å². The third-order valence-corrected chi connectivity index (χ3v) is 5.57. The summed E-state index contributed by atoms with van der Waals surface area (Å²) in [6.45, 7) is 6.26. The van der Waals surface area contributed by atoms with Crippen LogP contribution in [0.5, 0.6) is 0 Å². The summed E-state index contributed by atoms with van der Waals surface area (Å²) < 4.78 is 7.67. The van der Waals surface area contributed by atoms with Gasteiger partial charge in [-0.15, -0.1) is 11.3 Å². The molecule has 3 aromatic rings. The van der Waals surface area contributed by atoms with Crippen LogP contribution in [0.4, 0.5) is 4.79 Å². The highest BCUT2D eigenvalue weighted by molar-refractivity contribution is 7.09. The molecule has 1 aliphatic rings. The summed E-state index contributed by atoms with van der Waals surface area (Å²) in [6.07, 6.45) is 2.88. The highest BCUT2D eigenvalue weighted by atomic mass is 32.1. The Morgan fingerprint density at radius 2 is 2.25 bits per heavy atom. The molecule has 0 radical (unpaired) electrons. The van der Waals surface area contributed by atoms with Crippen molar-refractivity contribution in [2.24, 2.45) is 0 Å². The van der Waals surface area contributed by atoms with E-state index in [0.717, 1.165) is 28.8 Å². The fraction of sp³-hybridized carbons (Fsp3) is 0.381. The molecule has 0 bridgehead atoms. The number of hydrogen-bond donors (Lipinski definition) is 1. The number of rotatable bonds is 3. The topological polar surface area (TPSA) is 79.9 Å². The first-order valence-electron chi connectivity index (χ1n) is 9.26. The van der Waals surface area contributed by atoms with Crippen molar-refractivity contribution in [2.45, 2.75) is 51.8 Å². The Morgan fingerprint density at radius 1 is 1.43 bits per heavy atom. The second-order valence-corrected chi connectivity index (χ2v) is 9.01. The quantitative estimate of drug-likeness (QED) is 0.728. The van der Waals surface area contributed by atoms with Gasteiger partial charge in [-0.1, -0.05) is 0 Å². The predicted octanol–water partition coefficient (Wildman–Crippen LogP) is 4.01. The first-order chi connectivity index (χ1) is 13.3. The summed E-state index contributed by atoms with van der Waals surface area (Å²) >= 11 is 1.63. The third kappa shape index (κ3) is 3.60. The zero-order valence-corrected chi connectivity index (χ0v) is 17.0. The lowest BCUT2D eigenvalue weighted by Crippen LogP contribution is -2.39. The van der Waals surface area contributed by atoms with Gasteiger partial charge in [0.05, 0.1) is 18.2 Å². The maximum absolute atomic E-state index is 12.2. The van der Waals surface area contributed by atoms with E-state index in [4.69, 9.17) is 4.74 Å². The number of ether oxygens (including phenoxy) is 1. The number of alkyl carbamates (subject to hydrolysis) is 1. The molecule has 1 aromatic carbocycles. The largest absolute Gasteiger partial charge is 0.444 e. The van der Waals surface area contributed by atoms with Crippen LogP contribution in [0.1, 0.15) is 42.6 Å². The normalized spacial score (nSPS) is 16.0. The lowest BCUT2D eigenvalue weighted by molar-refractivity contribution is 0.0506. The highest BCUT2D eigenvalue weighted by Crippen LogP contribution is 2.34. The average Bonchev–Trinajstić information content (AvgIpc) is 3.31. The summed E-state index contributed by atoms with van der Waals surface area (Å²) in [5.74, 6) is 0. The first-order valence-corrected chi connectivity index (χ1v) is 10.1. The van der Waals surface area contributed by atoms with Gasteiger partial charge in [0, 0.05) is 40.6 Å². The molecule has 1 N–H and O–H groups in total. The van der Waals surface area contributed by atoms with Gasteiger partial charge in [-0.3, -0.25) is 0 Å². The van der Waals surface area contributed by atoms with Gasteiger partial charge in [0.25, 0.3) is 0 Å². The number of benzene rings is 1. The van der Waals surface area contributed by atoms with E-state index in [1.807, 2.05) is 50.5 Å². The lowest BCUT2D eigenvalue weighted by atomic mass is 10.1. The molecule has 1 amide bonds. The van der Waals surface area contributed by atoms with E-state index < -0.39 is 11.7 Å². The van der Waals surface area contributed by atoms with Gasteiger partial charge in [0.15, 0.2) is 0 Å². The number of nitrogens with one attached hydrogen (secondary N) is 1. The molecule has 28 heavy (non-hydrogen) atoms. The van der Waals surface area contributed by atoms with Crippen molar-refractivity contribution in [3.8, 4) is 6.07 Å². The summed E-state index contributed by atoms with van der Waals surface area (Å²) in [5.41, 5.74) is 3.62. The number of nitrogens with zero attached hydrogens (tertiary/aromatic N) is 3. The number of amides is 1. The fourth-order valence-electron chi connectivity index (χ4n) is 3.78.